The highest BCUT2D eigenvalue weighted by Gasteiger charge is 2.22. The van der Waals surface area contributed by atoms with Crippen molar-refractivity contribution in [1.82, 2.24) is 10.3 Å². The molecule has 6 nitrogen and oxygen atoms in total. The van der Waals surface area contributed by atoms with Gasteiger partial charge in [0.15, 0.2) is 0 Å². The van der Waals surface area contributed by atoms with E-state index in [9.17, 15) is 18.4 Å². The van der Waals surface area contributed by atoms with Crippen molar-refractivity contribution in [1.29, 1.82) is 0 Å². The summed E-state index contributed by atoms with van der Waals surface area (Å²) in [7, 11) is 0. The zero-order valence-electron chi connectivity index (χ0n) is 15.7. The quantitative estimate of drug-likeness (QED) is 0.738. The summed E-state index contributed by atoms with van der Waals surface area (Å²) in [6, 6.07) is 15.9. The van der Waals surface area contributed by atoms with Gasteiger partial charge in [0.2, 0.25) is 11.8 Å². The van der Waals surface area contributed by atoms with E-state index in [0.717, 1.165) is 11.3 Å². The Morgan fingerprint density at radius 1 is 1.07 bits per heavy atom. The number of nitrogens with zero attached hydrogens (tertiary/aromatic N) is 2. The lowest BCUT2D eigenvalue weighted by atomic mass is 10.1. The van der Waals surface area contributed by atoms with Gasteiger partial charge in [0.1, 0.15) is 5.75 Å². The minimum atomic E-state index is -2.94. The van der Waals surface area contributed by atoms with E-state index in [0.29, 0.717) is 18.5 Å². The number of hydrogen-bond donors (Lipinski definition) is 1. The van der Waals surface area contributed by atoms with Crippen LogP contribution in [0.5, 0.6) is 5.75 Å². The number of amides is 2. The van der Waals surface area contributed by atoms with Gasteiger partial charge in [-0.25, -0.2) is 5.01 Å². The summed E-state index contributed by atoms with van der Waals surface area (Å²) in [6.45, 7) is -2.41. The number of rotatable bonds is 8. The highest BCUT2D eigenvalue weighted by Crippen LogP contribution is 2.20. The second kappa shape index (κ2) is 9.77. The van der Waals surface area contributed by atoms with Crippen LogP contribution in [-0.2, 0) is 16.1 Å². The van der Waals surface area contributed by atoms with Gasteiger partial charge < -0.3 is 10.1 Å². The van der Waals surface area contributed by atoms with Crippen LogP contribution in [0, 0.1) is 0 Å². The molecule has 0 radical (unpaired) electrons. The summed E-state index contributed by atoms with van der Waals surface area (Å²) in [5, 5.41) is 8.36. The minimum Gasteiger partial charge on any atom is -0.434 e. The molecule has 0 atom stereocenters. The summed E-state index contributed by atoms with van der Waals surface area (Å²) in [5.41, 5.74) is 2.26. The molecular weight excluding hydrogens is 380 g/mol. The van der Waals surface area contributed by atoms with Crippen molar-refractivity contribution < 1.29 is 23.1 Å². The first-order valence-electron chi connectivity index (χ1n) is 9.25. The molecule has 2 aromatic rings. The van der Waals surface area contributed by atoms with Gasteiger partial charge in [-0.2, -0.15) is 13.9 Å². The Labute approximate surface area is 167 Å². The van der Waals surface area contributed by atoms with Crippen LogP contribution < -0.4 is 10.1 Å². The molecule has 1 aliphatic heterocycles. The predicted molar refractivity (Wildman–Crippen MR) is 103 cm³/mol. The lowest BCUT2D eigenvalue weighted by Gasteiger charge is -2.12. The molecule has 152 valence electrons. The van der Waals surface area contributed by atoms with Crippen LogP contribution in [0.25, 0.3) is 0 Å². The summed E-state index contributed by atoms with van der Waals surface area (Å²) in [5.74, 6) is -0.567. The van der Waals surface area contributed by atoms with Crippen molar-refractivity contribution in [2.24, 2.45) is 5.10 Å². The monoisotopic (exact) mass is 401 g/mol. The van der Waals surface area contributed by atoms with Crippen LogP contribution in [0.1, 0.15) is 30.4 Å². The Morgan fingerprint density at radius 3 is 2.55 bits per heavy atom. The Hall–Kier alpha value is -3.29. The lowest BCUT2D eigenvalue weighted by molar-refractivity contribution is -0.133. The number of para-hydroxylation sites is 1. The molecule has 8 heteroatoms. The number of alkyl halides is 2. The molecular formula is C21H21F2N3O3. The van der Waals surface area contributed by atoms with E-state index in [4.69, 9.17) is 0 Å². The van der Waals surface area contributed by atoms with Crippen molar-refractivity contribution in [2.45, 2.75) is 32.4 Å². The Bertz CT molecular complexity index is 888. The number of carbonyl (C=O) groups excluding carboxylic acids is 2. The first kappa shape index (κ1) is 20.4. The molecule has 2 amide bonds. The van der Waals surface area contributed by atoms with Gasteiger partial charge in [0.25, 0.3) is 0 Å². The second-order valence-electron chi connectivity index (χ2n) is 6.44. The average Bonchev–Trinajstić information content (AvgIpc) is 3.22. The summed E-state index contributed by atoms with van der Waals surface area (Å²) in [6.07, 6.45) is 0.679. The number of nitrogens with one attached hydrogen (secondary N) is 1. The zero-order chi connectivity index (χ0) is 20.6. The van der Waals surface area contributed by atoms with E-state index in [-0.39, 0.29) is 37.0 Å². The van der Waals surface area contributed by atoms with E-state index in [1.807, 2.05) is 30.3 Å². The number of benzene rings is 2. The molecule has 0 spiro atoms. The van der Waals surface area contributed by atoms with Crippen molar-refractivity contribution >= 4 is 17.5 Å². The van der Waals surface area contributed by atoms with Gasteiger partial charge in [-0.3, -0.25) is 9.59 Å². The van der Waals surface area contributed by atoms with Crippen molar-refractivity contribution in [2.75, 3.05) is 6.54 Å². The topological polar surface area (TPSA) is 71.0 Å². The third-order valence-electron chi connectivity index (χ3n) is 4.43. The molecule has 1 heterocycles. The molecule has 0 saturated carbocycles. The van der Waals surface area contributed by atoms with Gasteiger partial charge >= 0.3 is 6.61 Å². The normalized spacial score (nSPS) is 13.3. The third kappa shape index (κ3) is 5.84. The van der Waals surface area contributed by atoms with Gasteiger partial charge in [-0.05, 0) is 11.6 Å². The molecule has 1 aliphatic rings. The number of hydrogen-bond acceptors (Lipinski definition) is 4. The van der Waals surface area contributed by atoms with Gasteiger partial charge in [-0.1, -0.05) is 48.5 Å². The number of hydrazone groups is 1. The molecule has 0 bridgehead atoms. The van der Waals surface area contributed by atoms with Gasteiger partial charge in [0, 0.05) is 31.4 Å². The predicted octanol–water partition coefficient (Wildman–Crippen LogP) is 3.32. The molecule has 2 aromatic carbocycles. The van der Waals surface area contributed by atoms with E-state index >= 15 is 0 Å². The number of halogens is 2. The average molecular weight is 401 g/mol. The van der Waals surface area contributed by atoms with Crippen molar-refractivity contribution in [3.63, 3.8) is 0 Å². The molecule has 0 unspecified atom stereocenters. The smallest absolute Gasteiger partial charge is 0.387 e. The van der Waals surface area contributed by atoms with Crippen molar-refractivity contribution in [3.05, 3.63) is 65.7 Å². The van der Waals surface area contributed by atoms with Crippen LogP contribution in [0.2, 0.25) is 0 Å². The molecule has 0 aromatic heterocycles. The SMILES string of the molecule is O=C(CCC(=O)N1CCC(c2ccccc2)=N1)NCc1ccccc1OC(F)F. The maximum Gasteiger partial charge on any atom is 0.387 e. The molecule has 0 aliphatic carbocycles. The van der Waals surface area contributed by atoms with Gasteiger partial charge in [-0.15, -0.1) is 0 Å². The molecule has 0 saturated heterocycles. The number of ether oxygens (including phenoxy) is 1. The molecule has 29 heavy (non-hydrogen) atoms. The summed E-state index contributed by atoms with van der Waals surface area (Å²) >= 11 is 0. The zero-order valence-corrected chi connectivity index (χ0v) is 15.7. The van der Waals surface area contributed by atoms with Crippen LogP contribution in [0.4, 0.5) is 8.78 Å². The highest BCUT2D eigenvalue weighted by atomic mass is 19.3. The minimum absolute atomic E-state index is 0.0105. The number of carbonyl (C=O) groups is 2. The maximum atomic E-state index is 12.4. The van der Waals surface area contributed by atoms with E-state index in [1.165, 1.54) is 11.1 Å². The van der Waals surface area contributed by atoms with Crippen LogP contribution in [0.15, 0.2) is 59.7 Å². The summed E-state index contributed by atoms with van der Waals surface area (Å²) < 4.78 is 29.3. The fourth-order valence-electron chi connectivity index (χ4n) is 2.96. The van der Waals surface area contributed by atoms with Gasteiger partial charge in [0.05, 0.1) is 12.3 Å². The molecule has 0 fully saturated rings. The maximum absolute atomic E-state index is 12.4. The molecule has 3 rings (SSSR count). The lowest BCUT2D eigenvalue weighted by Crippen LogP contribution is -2.27. The summed E-state index contributed by atoms with van der Waals surface area (Å²) in [4.78, 5) is 24.4. The Morgan fingerprint density at radius 2 is 1.79 bits per heavy atom. The van der Waals surface area contributed by atoms with Crippen LogP contribution in [-0.4, -0.2) is 35.7 Å². The van der Waals surface area contributed by atoms with E-state index < -0.39 is 6.61 Å². The van der Waals surface area contributed by atoms with Crippen LogP contribution in [0.3, 0.4) is 0 Å². The first-order valence-corrected chi connectivity index (χ1v) is 9.25. The molecule has 1 N–H and O–H groups in total. The fourth-order valence-corrected chi connectivity index (χ4v) is 2.96. The third-order valence-corrected chi connectivity index (χ3v) is 4.43. The fraction of sp³-hybridized carbons (Fsp3) is 0.286. The highest BCUT2D eigenvalue weighted by molar-refractivity contribution is 6.02. The van der Waals surface area contributed by atoms with E-state index in [1.54, 1.807) is 18.2 Å². The standard InChI is InChI=1S/C21H21F2N3O3/c22-21(23)29-18-9-5-4-8-16(18)14-24-19(27)10-11-20(28)26-13-12-17(25-26)15-6-2-1-3-7-15/h1-9,21H,10-14H2,(H,24,27). The largest absolute Gasteiger partial charge is 0.434 e. The van der Waals surface area contributed by atoms with Crippen LogP contribution >= 0.6 is 0 Å². The van der Waals surface area contributed by atoms with Crippen molar-refractivity contribution in [3.8, 4) is 5.75 Å². The Balaban J connectivity index is 1.47. The second-order valence-corrected chi connectivity index (χ2v) is 6.44. The Kier molecular flexibility index (Phi) is 6.89. The first-order chi connectivity index (χ1) is 14.0. The van der Waals surface area contributed by atoms with E-state index in [2.05, 4.69) is 15.2 Å².